The van der Waals surface area contributed by atoms with E-state index >= 15 is 0 Å². The standard InChI is InChI=1S/C25H28NOSi.C12H10N.Ir/c1-6-17(7-2)18-12-14-21(26-16-18)19-13-15-23(28(3,4)5)24-20-10-8-9-11-22(20)27-25(19)24;1-10-7-8-13-12(9-10)11-5-3-2-4-6-11;/h8-12,14-17H,6-7H2,1-5H3;2-5,7-9H,1H3;/q2*-1;. The maximum atomic E-state index is 6.34. The van der Waals surface area contributed by atoms with Gasteiger partial charge in [0.25, 0.3) is 0 Å². The molecule has 0 aliphatic rings. The summed E-state index contributed by atoms with van der Waals surface area (Å²) in [6.45, 7) is 13.7. The Labute approximate surface area is 264 Å². The van der Waals surface area contributed by atoms with E-state index in [1.807, 2.05) is 48.8 Å². The fourth-order valence-electron chi connectivity index (χ4n) is 5.34. The summed E-state index contributed by atoms with van der Waals surface area (Å²) in [6, 6.07) is 33.5. The number of hydrogen-bond acceptors (Lipinski definition) is 3. The Balaban J connectivity index is 0.000000243. The number of nitrogens with zero attached hydrogens (tertiary/aromatic N) is 2. The number of benzene rings is 3. The molecule has 0 saturated carbocycles. The van der Waals surface area contributed by atoms with Gasteiger partial charge in [0.1, 0.15) is 5.58 Å². The first-order valence-corrected chi connectivity index (χ1v) is 18.0. The molecule has 0 spiro atoms. The van der Waals surface area contributed by atoms with Crippen molar-refractivity contribution in [3.8, 4) is 22.5 Å². The van der Waals surface area contributed by atoms with Crippen LogP contribution in [0.5, 0.6) is 0 Å². The molecule has 3 nitrogen and oxygen atoms in total. The predicted octanol–water partition coefficient (Wildman–Crippen LogP) is 9.75. The molecular weight excluding hydrogens is 709 g/mol. The average Bonchev–Trinajstić information content (AvgIpc) is 3.38. The van der Waals surface area contributed by atoms with E-state index in [0.29, 0.717) is 5.92 Å². The van der Waals surface area contributed by atoms with Crippen LogP contribution in [0.2, 0.25) is 19.6 Å². The zero-order valence-corrected chi connectivity index (χ0v) is 28.7. The van der Waals surface area contributed by atoms with Crippen molar-refractivity contribution in [2.24, 2.45) is 0 Å². The summed E-state index contributed by atoms with van der Waals surface area (Å²) in [5, 5.41) is 3.83. The second-order valence-corrected chi connectivity index (χ2v) is 16.7. The molecule has 6 aromatic rings. The molecule has 3 aromatic carbocycles. The fraction of sp³-hybridized carbons (Fsp3) is 0.243. The summed E-state index contributed by atoms with van der Waals surface area (Å²) in [4.78, 5) is 9.08. The van der Waals surface area contributed by atoms with Gasteiger partial charge in [-0.3, -0.25) is 0 Å². The van der Waals surface area contributed by atoms with Crippen molar-refractivity contribution in [2.45, 2.75) is 59.2 Å². The summed E-state index contributed by atoms with van der Waals surface area (Å²) >= 11 is 0. The van der Waals surface area contributed by atoms with Gasteiger partial charge in [-0.25, -0.2) is 0 Å². The second kappa shape index (κ2) is 13.7. The van der Waals surface area contributed by atoms with Gasteiger partial charge < -0.3 is 14.4 Å². The number of furan rings is 1. The molecular formula is C37H38IrN2OSi-2. The van der Waals surface area contributed by atoms with Crippen LogP contribution in [0.4, 0.5) is 0 Å². The Morgan fingerprint density at radius 2 is 1.62 bits per heavy atom. The van der Waals surface area contributed by atoms with E-state index < -0.39 is 8.07 Å². The summed E-state index contributed by atoms with van der Waals surface area (Å²) in [6.07, 6.45) is 6.14. The van der Waals surface area contributed by atoms with Crippen LogP contribution < -0.4 is 5.19 Å². The Bertz CT molecular complexity index is 1750. The minimum atomic E-state index is -1.55. The minimum Gasteiger partial charge on any atom is -0.501 e. The van der Waals surface area contributed by atoms with Crippen LogP contribution in [0.15, 0.2) is 95.7 Å². The topological polar surface area (TPSA) is 38.9 Å². The summed E-state index contributed by atoms with van der Waals surface area (Å²) in [5.41, 5.74) is 8.32. The molecule has 42 heavy (non-hydrogen) atoms. The van der Waals surface area contributed by atoms with Crippen molar-refractivity contribution in [3.05, 3.63) is 115 Å². The summed E-state index contributed by atoms with van der Waals surface area (Å²) in [7, 11) is -1.55. The van der Waals surface area contributed by atoms with Crippen molar-refractivity contribution < 1.29 is 24.5 Å². The van der Waals surface area contributed by atoms with Gasteiger partial charge in [-0.15, -0.1) is 53.2 Å². The first-order chi connectivity index (χ1) is 19.8. The van der Waals surface area contributed by atoms with Gasteiger partial charge in [0.05, 0.1) is 5.58 Å². The van der Waals surface area contributed by atoms with Crippen LogP contribution >= 0.6 is 0 Å². The molecule has 3 aromatic heterocycles. The molecule has 0 bridgehead atoms. The van der Waals surface area contributed by atoms with E-state index in [4.69, 9.17) is 9.40 Å². The Morgan fingerprint density at radius 3 is 2.26 bits per heavy atom. The Hall–Kier alpha value is -3.37. The number of rotatable bonds is 6. The SMILES string of the molecule is CCC(CC)c1ccc(-c2[c-]cc([Si](C)(C)C)c3c2oc2ccccc23)nc1.Cc1ccnc(-c2[c-]cccc2)c1.[Ir]. The van der Waals surface area contributed by atoms with E-state index in [9.17, 15) is 0 Å². The number of fused-ring (bicyclic) bond motifs is 3. The normalized spacial score (nSPS) is 11.3. The van der Waals surface area contributed by atoms with Crippen LogP contribution in [0, 0.1) is 19.1 Å². The van der Waals surface area contributed by atoms with Gasteiger partial charge >= 0.3 is 0 Å². The maximum absolute atomic E-state index is 6.34. The van der Waals surface area contributed by atoms with Crippen molar-refractivity contribution in [1.82, 2.24) is 9.97 Å². The van der Waals surface area contributed by atoms with Crippen LogP contribution in [0.25, 0.3) is 44.5 Å². The van der Waals surface area contributed by atoms with E-state index in [0.717, 1.165) is 46.5 Å². The van der Waals surface area contributed by atoms with E-state index in [-0.39, 0.29) is 20.1 Å². The number of para-hydroxylation sites is 1. The largest absolute Gasteiger partial charge is 0.501 e. The zero-order valence-electron chi connectivity index (χ0n) is 25.3. The molecule has 5 heteroatoms. The third-order valence-corrected chi connectivity index (χ3v) is 9.67. The molecule has 3 heterocycles. The molecule has 0 fully saturated rings. The number of hydrogen-bond donors (Lipinski definition) is 0. The molecule has 0 atom stereocenters. The second-order valence-electron chi connectivity index (χ2n) is 11.6. The minimum absolute atomic E-state index is 0. The Kier molecular flexibility index (Phi) is 10.3. The molecule has 0 saturated heterocycles. The third-order valence-electron chi connectivity index (χ3n) is 7.66. The van der Waals surface area contributed by atoms with E-state index in [2.05, 4.69) is 100.0 Å². The predicted molar refractivity (Wildman–Crippen MR) is 175 cm³/mol. The molecule has 0 aliphatic carbocycles. The van der Waals surface area contributed by atoms with E-state index in [1.165, 1.54) is 27.1 Å². The maximum Gasteiger partial charge on any atom is 0.120 e. The van der Waals surface area contributed by atoms with Crippen molar-refractivity contribution in [1.29, 1.82) is 0 Å². The quantitative estimate of drug-likeness (QED) is 0.126. The van der Waals surface area contributed by atoms with Crippen molar-refractivity contribution in [2.75, 3.05) is 0 Å². The van der Waals surface area contributed by atoms with Crippen LogP contribution in [-0.2, 0) is 20.1 Å². The van der Waals surface area contributed by atoms with Gasteiger partial charge in [-0.2, -0.15) is 0 Å². The van der Waals surface area contributed by atoms with Crippen molar-refractivity contribution >= 4 is 35.2 Å². The molecule has 0 amide bonds. The molecule has 217 valence electrons. The number of aromatic nitrogens is 2. The van der Waals surface area contributed by atoms with Crippen molar-refractivity contribution in [3.63, 3.8) is 0 Å². The first-order valence-electron chi connectivity index (χ1n) is 14.5. The van der Waals surface area contributed by atoms with Gasteiger partial charge in [0.15, 0.2) is 0 Å². The molecule has 0 N–H and O–H groups in total. The zero-order chi connectivity index (χ0) is 29.0. The van der Waals surface area contributed by atoms with Crippen LogP contribution in [0.3, 0.4) is 0 Å². The van der Waals surface area contributed by atoms with E-state index in [1.54, 1.807) is 0 Å². The van der Waals surface area contributed by atoms with Gasteiger partial charge in [0, 0.05) is 46.0 Å². The number of pyridine rings is 2. The molecule has 0 unspecified atom stereocenters. The van der Waals surface area contributed by atoms with Gasteiger partial charge in [-0.05, 0) is 54.8 Å². The summed E-state index contributed by atoms with van der Waals surface area (Å²) < 4.78 is 6.34. The fourth-order valence-corrected chi connectivity index (χ4v) is 6.85. The van der Waals surface area contributed by atoms with Crippen LogP contribution in [0.1, 0.15) is 43.7 Å². The Morgan fingerprint density at radius 1 is 0.857 bits per heavy atom. The third kappa shape index (κ3) is 6.81. The summed E-state index contributed by atoms with van der Waals surface area (Å²) in [5.74, 6) is 0.575. The van der Waals surface area contributed by atoms with Gasteiger partial charge in [0.2, 0.25) is 0 Å². The molecule has 1 radical (unpaired) electrons. The molecule has 6 rings (SSSR count). The van der Waals surface area contributed by atoms with Gasteiger partial charge in [-0.1, -0.05) is 86.4 Å². The average molecular weight is 747 g/mol. The first kappa shape index (κ1) is 31.6. The molecule has 0 aliphatic heterocycles. The number of aryl methyl sites for hydroxylation is 1. The van der Waals surface area contributed by atoms with Crippen LogP contribution in [-0.4, -0.2) is 18.0 Å². The smallest absolute Gasteiger partial charge is 0.120 e. The monoisotopic (exact) mass is 747 g/mol.